The first kappa shape index (κ1) is 30.0. The molecule has 8 nitrogen and oxygen atoms in total. The molecule has 0 bridgehead atoms. The normalized spacial score (nSPS) is 19.1. The second kappa shape index (κ2) is 12.3. The first-order chi connectivity index (χ1) is 15.9. The predicted molar refractivity (Wildman–Crippen MR) is 133 cm³/mol. The zero-order chi connectivity index (χ0) is 25.2. The molecule has 1 saturated heterocycles. The SMILES string of the molecule is Cc1noc(C2C(NS(=O)(=O)[N-]C(=O)Cc3cc(C(C)C)cc(C(C)C)c3)CCCN2C)c1C.[Na+]. The largest absolute Gasteiger partial charge is 1.00 e. The van der Waals surface area contributed by atoms with E-state index < -0.39 is 22.2 Å². The molecule has 0 saturated carbocycles. The van der Waals surface area contributed by atoms with E-state index in [4.69, 9.17) is 4.52 Å². The fourth-order valence-electron chi connectivity index (χ4n) is 4.45. The van der Waals surface area contributed by atoms with Crippen molar-refractivity contribution < 1.29 is 47.3 Å². The van der Waals surface area contributed by atoms with Crippen LogP contribution < -0.4 is 34.3 Å². The first-order valence-corrected chi connectivity index (χ1v) is 13.4. The number of likely N-dealkylation sites (N-methyl/N-ethyl adjacent to an activating group) is 1. The molecule has 0 spiro atoms. The summed E-state index contributed by atoms with van der Waals surface area (Å²) in [5.41, 5.74) is 4.71. The number of amides is 1. The maximum absolute atomic E-state index is 12.9. The van der Waals surface area contributed by atoms with Crippen LogP contribution in [0.3, 0.4) is 0 Å². The smallest absolute Gasteiger partial charge is 0.533 e. The molecule has 2 heterocycles. The van der Waals surface area contributed by atoms with Crippen molar-refractivity contribution in [3.63, 3.8) is 0 Å². The quantitative estimate of drug-likeness (QED) is 0.539. The van der Waals surface area contributed by atoms with E-state index in [1.807, 2.05) is 33.0 Å². The van der Waals surface area contributed by atoms with E-state index in [1.165, 1.54) is 0 Å². The Morgan fingerprint density at radius 3 is 2.29 bits per heavy atom. The molecule has 1 N–H and O–H groups in total. The number of hydrogen-bond acceptors (Lipinski definition) is 6. The molecule has 2 unspecified atom stereocenters. The van der Waals surface area contributed by atoms with Crippen molar-refractivity contribution in [2.24, 2.45) is 0 Å². The maximum Gasteiger partial charge on any atom is 1.00 e. The Morgan fingerprint density at radius 2 is 1.77 bits per heavy atom. The molecule has 1 aromatic carbocycles. The predicted octanol–water partition coefficient (Wildman–Crippen LogP) is 1.65. The Morgan fingerprint density at radius 1 is 1.17 bits per heavy atom. The van der Waals surface area contributed by atoms with Crippen LogP contribution in [0.2, 0.25) is 0 Å². The summed E-state index contributed by atoms with van der Waals surface area (Å²) < 4.78 is 37.5. The molecule has 10 heteroatoms. The van der Waals surface area contributed by atoms with Crippen molar-refractivity contribution in [3.8, 4) is 0 Å². The Labute approximate surface area is 232 Å². The van der Waals surface area contributed by atoms with E-state index in [9.17, 15) is 13.2 Å². The maximum atomic E-state index is 12.9. The van der Waals surface area contributed by atoms with Gasteiger partial charge in [-0.05, 0) is 68.8 Å². The number of nitrogens with zero attached hydrogens (tertiary/aromatic N) is 3. The summed E-state index contributed by atoms with van der Waals surface area (Å²) in [5, 5.41) is 4.03. The van der Waals surface area contributed by atoms with Crippen molar-refractivity contribution in [2.75, 3.05) is 13.6 Å². The second-order valence-electron chi connectivity index (χ2n) is 10.0. The van der Waals surface area contributed by atoms with Crippen molar-refractivity contribution in [1.82, 2.24) is 14.8 Å². The summed E-state index contributed by atoms with van der Waals surface area (Å²) in [5.74, 6) is 0.567. The molecule has 1 aliphatic heterocycles. The minimum absolute atomic E-state index is 0. The van der Waals surface area contributed by atoms with E-state index in [1.54, 1.807) is 0 Å². The number of nitrogens with one attached hydrogen (secondary N) is 1. The number of aromatic nitrogens is 1. The first-order valence-electron chi connectivity index (χ1n) is 11.9. The Kier molecular flexibility index (Phi) is 10.6. The number of likely N-dealkylation sites (tertiary alicyclic amines) is 1. The third kappa shape index (κ3) is 7.63. The molecular weight excluding hydrogens is 475 g/mol. The van der Waals surface area contributed by atoms with Gasteiger partial charge in [0.2, 0.25) is 0 Å². The van der Waals surface area contributed by atoms with Crippen LogP contribution >= 0.6 is 0 Å². The van der Waals surface area contributed by atoms with Crippen LogP contribution in [0.5, 0.6) is 0 Å². The summed E-state index contributed by atoms with van der Waals surface area (Å²) in [4.78, 5) is 14.7. The van der Waals surface area contributed by atoms with Crippen LogP contribution in [-0.4, -0.2) is 44.0 Å². The zero-order valence-corrected chi connectivity index (χ0v) is 25.1. The summed E-state index contributed by atoms with van der Waals surface area (Å²) in [7, 11) is -2.26. The monoisotopic (exact) mass is 512 g/mol. The van der Waals surface area contributed by atoms with Crippen LogP contribution in [-0.2, 0) is 21.4 Å². The fraction of sp³-hybridized carbons (Fsp3) is 0.600. The van der Waals surface area contributed by atoms with Crippen molar-refractivity contribution >= 4 is 16.1 Å². The van der Waals surface area contributed by atoms with E-state index in [0.29, 0.717) is 24.0 Å². The Hall–Kier alpha value is -1.23. The van der Waals surface area contributed by atoms with Crippen LogP contribution in [0.4, 0.5) is 0 Å². The van der Waals surface area contributed by atoms with Crippen LogP contribution in [0, 0.1) is 13.8 Å². The molecule has 2 atom stereocenters. The minimum Gasteiger partial charge on any atom is -0.533 e. The summed E-state index contributed by atoms with van der Waals surface area (Å²) in [6, 6.07) is 5.29. The van der Waals surface area contributed by atoms with E-state index in [2.05, 4.69) is 53.3 Å². The van der Waals surface area contributed by atoms with E-state index >= 15 is 0 Å². The number of benzene rings is 1. The minimum atomic E-state index is -4.19. The van der Waals surface area contributed by atoms with Gasteiger partial charge < -0.3 is 14.0 Å². The van der Waals surface area contributed by atoms with Gasteiger partial charge in [-0.3, -0.25) is 4.90 Å². The van der Waals surface area contributed by atoms with Gasteiger partial charge in [0.25, 0.3) is 0 Å². The van der Waals surface area contributed by atoms with Gasteiger partial charge in [0.1, 0.15) is 0 Å². The molecule has 1 fully saturated rings. The summed E-state index contributed by atoms with van der Waals surface area (Å²) >= 11 is 0. The third-order valence-electron chi connectivity index (χ3n) is 6.59. The van der Waals surface area contributed by atoms with Gasteiger partial charge in [-0.2, -0.15) is 0 Å². The molecule has 0 aliphatic carbocycles. The topological polar surface area (TPSA) is 107 Å². The van der Waals surface area contributed by atoms with E-state index in [-0.39, 0.29) is 42.0 Å². The average molecular weight is 513 g/mol. The third-order valence-corrected chi connectivity index (χ3v) is 7.64. The molecule has 188 valence electrons. The number of carbonyl (C=O) groups is 1. The number of piperidine rings is 1. The molecular formula is C25H37N4NaO4S. The van der Waals surface area contributed by atoms with Gasteiger partial charge in [0.15, 0.2) is 16.0 Å². The average Bonchev–Trinajstić information content (AvgIpc) is 3.05. The number of aryl methyl sites for hydroxylation is 1. The number of hydrogen-bond donors (Lipinski definition) is 1. The van der Waals surface area contributed by atoms with Crippen LogP contribution in [0.1, 0.15) is 92.1 Å². The van der Waals surface area contributed by atoms with Gasteiger partial charge in [0.05, 0.1) is 17.6 Å². The molecule has 0 radical (unpaired) electrons. The summed E-state index contributed by atoms with van der Waals surface area (Å²) in [6.07, 6.45) is 1.38. The molecule has 35 heavy (non-hydrogen) atoms. The fourth-order valence-corrected chi connectivity index (χ4v) is 5.47. The Bertz CT molecular complexity index is 1100. The van der Waals surface area contributed by atoms with Crippen molar-refractivity contribution in [2.45, 2.75) is 84.7 Å². The standard InChI is InChI=1S/C25H38N4O4S.Na/c1-15(2)20-11-19(12-21(14-20)16(3)4)13-23(30)28-34(31,32)27-22-9-8-10-29(7)24(22)25-17(5)18(6)26-33-25;/h11-12,14-16,22,24,27H,8-10,13H2,1-7H3,(H,28,30);/q;+1/p-1. The molecule has 1 amide bonds. The van der Waals surface area contributed by atoms with Crippen LogP contribution in [0.25, 0.3) is 4.72 Å². The van der Waals surface area contributed by atoms with Crippen LogP contribution in [0.15, 0.2) is 22.7 Å². The van der Waals surface area contributed by atoms with Gasteiger partial charge in [-0.1, -0.05) is 51.1 Å². The van der Waals surface area contributed by atoms with Crippen molar-refractivity contribution in [1.29, 1.82) is 0 Å². The molecule has 1 aromatic heterocycles. The molecule has 2 aromatic rings. The van der Waals surface area contributed by atoms with Crippen molar-refractivity contribution in [3.05, 3.63) is 56.6 Å². The molecule has 3 rings (SSSR count). The van der Waals surface area contributed by atoms with Gasteiger partial charge in [0, 0.05) is 18.0 Å². The van der Waals surface area contributed by atoms with Gasteiger partial charge >= 0.3 is 29.6 Å². The summed E-state index contributed by atoms with van der Waals surface area (Å²) in [6.45, 7) is 13.0. The van der Waals surface area contributed by atoms with Gasteiger partial charge in [-0.15, -0.1) is 0 Å². The number of carbonyl (C=O) groups excluding carboxylic acids is 1. The van der Waals surface area contributed by atoms with E-state index in [0.717, 1.165) is 40.9 Å². The van der Waals surface area contributed by atoms with Gasteiger partial charge in [-0.25, -0.2) is 13.1 Å². The second-order valence-corrected chi connectivity index (χ2v) is 11.4. The zero-order valence-electron chi connectivity index (χ0n) is 22.3. The molecule has 1 aliphatic rings. The Balaban J connectivity index is 0.00000432. The number of rotatable bonds is 8.